The third kappa shape index (κ3) is 8.05. The maximum absolute atomic E-state index is 7.99. The van der Waals surface area contributed by atoms with Gasteiger partial charge in [0.25, 0.3) is 0 Å². The summed E-state index contributed by atoms with van der Waals surface area (Å²) in [6.07, 6.45) is 15.2. The van der Waals surface area contributed by atoms with Gasteiger partial charge in [0.15, 0.2) is 0 Å². The number of allylic oxidation sites excluding steroid dienone is 2. The van der Waals surface area contributed by atoms with Crippen molar-refractivity contribution in [2.45, 2.75) is 167 Å². The molecule has 59 heavy (non-hydrogen) atoms. The first-order chi connectivity index (χ1) is 27.8. The summed E-state index contributed by atoms with van der Waals surface area (Å²) >= 11 is 16.0. The number of fused-ring (bicyclic) bond motifs is 2. The van der Waals surface area contributed by atoms with Crippen molar-refractivity contribution >= 4 is 41.7 Å². The highest BCUT2D eigenvalue weighted by Gasteiger charge is 2.49. The molecule has 312 valence electrons. The molecule has 0 spiro atoms. The van der Waals surface area contributed by atoms with Crippen LogP contribution in [0.2, 0.25) is 13.1 Å². The fourth-order valence-corrected chi connectivity index (χ4v) is 16.9. The molecule has 0 N–H and O–H groups in total. The summed E-state index contributed by atoms with van der Waals surface area (Å²) in [6, 6.07) is 32.9. The van der Waals surface area contributed by atoms with Crippen molar-refractivity contribution < 1.29 is 0 Å². The van der Waals surface area contributed by atoms with Crippen LogP contribution in [0, 0.1) is 10.8 Å². The van der Waals surface area contributed by atoms with E-state index in [1.807, 2.05) is 0 Å². The largest absolute Gasteiger partial charge is 0.113 e. The van der Waals surface area contributed by atoms with Gasteiger partial charge >= 0.3 is 0 Å². The van der Waals surface area contributed by atoms with Crippen molar-refractivity contribution in [2.24, 2.45) is 10.8 Å². The summed E-state index contributed by atoms with van der Waals surface area (Å²) in [5.41, 5.74) is 17.1. The Bertz CT molecular complexity index is 2100. The summed E-state index contributed by atoms with van der Waals surface area (Å²) < 4.78 is 0. The van der Waals surface area contributed by atoms with Crippen molar-refractivity contribution in [3.05, 3.63) is 129 Å². The van der Waals surface area contributed by atoms with E-state index in [0.29, 0.717) is 0 Å². The van der Waals surface area contributed by atoms with Crippen LogP contribution in [0.25, 0.3) is 32.6 Å². The van der Waals surface area contributed by atoms with Gasteiger partial charge in [0, 0.05) is 0 Å². The third-order valence-electron chi connectivity index (χ3n) is 15.2. The second-order valence-corrected chi connectivity index (χ2v) is 27.6. The molecule has 4 aliphatic carbocycles. The van der Waals surface area contributed by atoms with Crippen LogP contribution in [0.1, 0.15) is 177 Å². The summed E-state index contributed by atoms with van der Waals surface area (Å²) in [5.74, 6) is 0. The van der Waals surface area contributed by atoms with Gasteiger partial charge in [0.2, 0.25) is 0 Å². The lowest BCUT2D eigenvalue weighted by Crippen LogP contribution is -2.33. The lowest BCUT2D eigenvalue weighted by Gasteiger charge is -2.39. The molecule has 0 radical (unpaired) electrons. The van der Waals surface area contributed by atoms with Crippen molar-refractivity contribution in [1.82, 2.24) is 0 Å². The Labute approximate surface area is 369 Å². The van der Waals surface area contributed by atoms with Gasteiger partial charge in [-0.3, -0.25) is 0 Å². The normalized spacial score (nSPS) is 21.8. The standard InChI is InChI=1S/C56H70Cl2Si/c1-53(2,3)39-27-23-37(24-28-39)41-19-17-21-43-47(41)51(45(49(43)57)35-55(7)31-13-11-14-32-55)59(9,10)52-46(36-56(8)33-15-12-16-34-56)50(58)44-22-18-20-42(48(44)52)38-25-29-40(30-26-38)54(4,5)6/h17-30,49-50H,11-16,31-36H2,1-10H3. The van der Waals surface area contributed by atoms with Gasteiger partial charge in [-0.2, -0.15) is 0 Å². The SMILES string of the molecule is CC1(CC2=C([Si](C)(C)C3=C(CC4(C)CCCCC4)C(Cl)c4cccc(-c5ccc(C(C)(C)C)cc5)c43)c3c(-c4ccc(C(C)(C)C)cc4)cccc3C2Cl)CCCCC1. The minimum Gasteiger partial charge on any atom is -0.113 e. The molecule has 0 heterocycles. The molecule has 0 amide bonds. The zero-order valence-corrected chi connectivity index (χ0v) is 40.5. The Morgan fingerprint density at radius 2 is 0.847 bits per heavy atom. The first-order valence-corrected chi connectivity index (χ1v) is 26.9. The molecule has 2 saturated carbocycles. The van der Waals surface area contributed by atoms with Crippen LogP contribution in [0.4, 0.5) is 0 Å². The minimum absolute atomic E-state index is 0.0948. The lowest BCUT2D eigenvalue weighted by atomic mass is 9.71. The van der Waals surface area contributed by atoms with E-state index < -0.39 is 8.07 Å². The molecule has 4 aromatic carbocycles. The van der Waals surface area contributed by atoms with Gasteiger partial charge in [-0.15, -0.1) is 23.2 Å². The monoisotopic (exact) mass is 840 g/mol. The van der Waals surface area contributed by atoms with Crippen LogP contribution in [-0.2, 0) is 10.8 Å². The van der Waals surface area contributed by atoms with Gasteiger partial charge in [0.1, 0.15) is 8.07 Å². The van der Waals surface area contributed by atoms with E-state index in [1.54, 1.807) is 10.4 Å². The highest BCUT2D eigenvalue weighted by molar-refractivity contribution is 7.09. The van der Waals surface area contributed by atoms with Gasteiger partial charge < -0.3 is 0 Å². The molecule has 0 aliphatic heterocycles. The Morgan fingerprint density at radius 3 is 1.17 bits per heavy atom. The van der Waals surface area contributed by atoms with E-state index >= 15 is 0 Å². The molecule has 0 saturated heterocycles. The molecule has 2 fully saturated rings. The maximum atomic E-state index is 7.99. The number of alkyl halides is 2. The number of halogens is 2. The summed E-state index contributed by atoms with van der Waals surface area (Å²) in [5, 5.41) is 2.91. The predicted molar refractivity (Wildman–Crippen MR) is 261 cm³/mol. The second-order valence-electron chi connectivity index (χ2n) is 22.4. The average molecular weight is 842 g/mol. The van der Waals surface area contributed by atoms with Gasteiger partial charge in [-0.1, -0.05) is 192 Å². The fraction of sp³-hybridized carbons (Fsp3) is 0.500. The van der Waals surface area contributed by atoms with Gasteiger partial charge in [-0.05, 0) is 137 Å². The Hall–Kier alpha value is -2.84. The highest BCUT2D eigenvalue weighted by Crippen LogP contribution is 2.62. The molecule has 0 nitrogen and oxygen atoms in total. The molecular weight excluding hydrogens is 772 g/mol. The van der Waals surface area contributed by atoms with E-state index in [4.69, 9.17) is 23.2 Å². The second kappa shape index (κ2) is 15.8. The van der Waals surface area contributed by atoms with Crippen LogP contribution < -0.4 is 0 Å². The quantitative estimate of drug-likeness (QED) is 0.122. The third-order valence-corrected chi connectivity index (χ3v) is 19.9. The number of hydrogen-bond donors (Lipinski definition) is 0. The predicted octanol–water partition coefficient (Wildman–Crippen LogP) is 17.9. The summed E-state index contributed by atoms with van der Waals surface area (Å²) in [6.45, 7) is 24.3. The molecule has 3 heteroatoms. The van der Waals surface area contributed by atoms with Crippen LogP contribution in [-0.4, -0.2) is 8.07 Å². The van der Waals surface area contributed by atoms with Crippen molar-refractivity contribution in [2.75, 3.05) is 0 Å². The zero-order chi connectivity index (χ0) is 42.1. The Morgan fingerprint density at radius 1 is 0.508 bits per heavy atom. The van der Waals surface area contributed by atoms with Gasteiger partial charge in [0.05, 0.1) is 10.8 Å². The first-order valence-electron chi connectivity index (χ1n) is 23.1. The zero-order valence-electron chi connectivity index (χ0n) is 38.0. The highest BCUT2D eigenvalue weighted by atomic mass is 35.5. The molecule has 2 unspecified atom stereocenters. The van der Waals surface area contributed by atoms with Crippen LogP contribution in [0.15, 0.2) is 96.1 Å². The Balaban J connectivity index is 1.39. The van der Waals surface area contributed by atoms with Crippen molar-refractivity contribution in [3.8, 4) is 22.3 Å². The van der Waals surface area contributed by atoms with E-state index in [2.05, 4.69) is 153 Å². The molecule has 4 aromatic rings. The molecule has 8 rings (SSSR count). The molecule has 4 aliphatic rings. The molecule has 0 bridgehead atoms. The minimum atomic E-state index is -2.60. The van der Waals surface area contributed by atoms with E-state index in [-0.39, 0.29) is 32.4 Å². The topological polar surface area (TPSA) is 0 Å². The summed E-state index contributed by atoms with van der Waals surface area (Å²) in [7, 11) is -2.60. The van der Waals surface area contributed by atoms with Crippen LogP contribution in [0.5, 0.6) is 0 Å². The first kappa shape index (κ1) is 42.8. The summed E-state index contributed by atoms with van der Waals surface area (Å²) in [4.78, 5) is 0. The fourth-order valence-electron chi connectivity index (χ4n) is 11.8. The van der Waals surface area contributed by atoms with Gasteiger partial charge in [-0.25, -0.2) is 0 Å². The van der Waals surface area contributed by atoms with Crippen molar-refractivity contribution in [3.63, 3.8) is 0 Å². The number of benzene rings is 4. The van der Waals surface area contributed by atoms with Crippen LogP contribution >= 0.6 is 23.2 Å². The van der Waals surface area contributed by atoms with Crippen molar-refractivity contribution in [1.29, 1.82) is 0 Å². The smallest absolute Gasteiger partial charge is 0.113 e. The molecule has 2 atom stereocenters. The molecule has 0 aromatic heterocycles. The van der Waals surface area contributed by atoms with E-state index in [0.717, 1.165) is 12.8 Å². The van der Waals surface area contributed by atoms with Crippen LogP contribution in [0.3, 0.4) is 0 Å². The average Bonchev–Trinajstić information content (AvgIpc) is 3.64. The number of hydrogen-bond acceptors (Lipinski definition) is 0. The van der Waals surface area contributed by atoms with E-state index in [9.17, 15) is 0 Å². The lowest BCUT2D eigenvalue weighted by molar-refractivity contribution is 0.213. The number of rotatable bonds is 8. The molecular formula is C56H70Cl2Si. The maximum Gasteiger partial charge on any atom is 0.113 e. The van der Waals surface area contributed by atoms with E-state index in [1.165, 1.54) is 131 Å². The Kier molecular flexibility index (Phi) is 11.5.